The summed E-state index contributed by atoms with van der Waals surface area (Å²) in [7, 11) is 3.81. The average Bonchev–Trinajstić information content (AvgIpc) is 2.24. The van der Waals surface area contributed by atoms with Gasteiger partial charge < -0.3 is 15.3 Å². The predicted molar refractivity (Wildman–Crippen MR) is 67.9 cm³/mol. The maximum Gasteiger partial charge on any atom is 0.404 e. The molecule has 0 fully saturated rings. The number of rotatable bonds is 4. The zero-order valence-corrected chi connectivity index (χ0v) is 10.3. The third-order valence-electron chi connectivity index (χ3n) is 2.13. The topological polar surface area (TPSA) is 64.9 Å². The van der Waals surface area contributed by atoms with Crippen LogP contribution >= 0.6 is 0 Å². The Labute approximate surface area is 101 Å². The minimum atomic E-state index is -1.02. The predicted octanol–water partition coefficient (Wildman–Crippen LogP) is 1.98. The molecule has 0 aliphatic heterocycles. The van der Waals surface area contributed by atoms with E-state index in [1.807, 2.05) is 44.1 Å². The van der Waals surface area contributed by atoms with Crippen molar-refractivity contribution < 1.29 is 9.90 Å². The Bertz CT molecular complexity index is 428. The summed E-state index contributed by atoms with van der Waals surface area (Å²) in [4.78, 5) is 16.5. The smallest absolute Gasteiger partial charge is 0.404 e. The van der Waals surface area contributed by atoms with E-state index in [2.05, 4.69) is 10.3 Å². The number of aryl methyl sites for hydroxylation is 1. The maximum atomic E-state index is 10.4. The number of hydrogen-bond donors (Lipinski definition) is 2. The molecule has 1 aromatic carbocycles. The normalized spacial score (nSPS) is 10.5. The van der Waals surface area contributed by atoms with Gasteiger partial charge in [0.25, 0.3) is 0 Å². The van der Waals surface area contributed by atoms with Crippen LogP contribution in [0.4, 0.5) is 10.5 Å². The molecule has 5 nitrogen and oxygen atoms in total. The van der Waals surface area contributed by atoms with Crippen molar-refractivity contribution in [3.05, 3.63) is 29.3 Å². The minimum Gasteiger partial charge on any atom is -0.465 e. The fraction of sp³-hybridized carbons (Fsp3) is 0.333. The lowest BCUT2D eigenvalue weighted by atomic mass is 10.1. The molecule has 1 aromatic rings. The van der Waals surface area contributed by atoms with Crippen LogP contribution in [-0.4, -0.2) is 36.5 Å². The summed E-state index contributed by atoms with van der Waals surface area (Å²) in [5.74, 6) is 0. The van der Waals surface area contributed by atoms with E-state index in [4.69, 9.17) is 5.11 Å². The highest BCUT2D eigenvalue weighted by Crippen LogP contribution is 2.19. The molecule has 17 heavy (non-hydrogen) atoms. The molecular weight excluding hydrogens is 218 g/mol. The number of amides is 1. The molecular formula is C12H17N3O2. The Morgan fingerprint density at radius 2 is 2.24 bits per heavy atom. The van der Waals surface area contributed by atoms with Crippen LogP contribution in [0.5, 0.6) is 0 Å². The second-order valence-electron chi connectivity index (χ2n) is 3.99. The Kier molecular flexibility index (Phi) is 4.51. The van der Waals surface area contributed by atoms with Crippen molar-refractivity contribution in [1.29, 1.82) is 0 Å². The lowest BCUT2D eigenvalue weighted by molar-refractivity contribution is 0.194. The van der Waals surface area contributed by atoms with Gasteiger partial charge in [0.15, 0.2) is 0 Å². The maximum absolute atomic E-state index is 10.4. The van der Waals surface area contributed by atoms with Crippen LogP contribution in [0.25, 0.3) is 0 Å². The van der Waals surface area contributed by atoms with E-state index < -0.39 is 6.09 Å². The molecule has 0 radical (unpaired) electrons. The van der Waals surface area contributed by atoms with Gasteiger partial charge in [0.2, 0.25) is 0 Å². The van der Waals surface area contributed by atoms with Crippen LogP contribution < -0.4 is 5.32 Å². The van der Waals surface area contributed by atoms with Gasteiger partial charge in [-0.05, 0) is 24.1 Å². The van der Waals surface area contributed by atoms with E-state index in [1.54, 1.807) is 6.34 Å². The zero-order valence-electron chi connectivity index (χ0n) is 10.3. The van der Waals surface area contributed by atoms with Crippen LogP contribution in [0, 0.1) is 6.92 Å². The fourth-order valence-electron chi connectivity index (χ4n) is 1.33. The first-order valence-electron chi connectivity index (χ1n) is 5.26. The van der Waals surface area contributed by atoms with Crippen LogP contribution in [0.3, 0.4) is 0 Å². The average molecular weight is 235 g/mol. The van der Waals surface area contributed by atoms with Crippen LogP contribution in [-0.2, 0) is 6.54 Å². The molecule has 2 N–H and O–H groups in total. The molecule has 5 heteroatoms. The molecule has 0 bridgehead atoms. The van der Waals surface area contributed by atoms with E-state index >= 15 is 0 Å². The third kappa shape index (κ3) is 4.55. The molecule has 1 rings (SSSR count). The minimum absolute atomic E-state index is 0.313. The third-order valence-corrected chi connectivity index (χ3v) is 2.13. The molecule has 0 atom stereocenters. The van der Waals surface area contributed by atoms with Gasteiger partial charge in [0, 0.05) is 20.6 Å². The SMILES string of the molecule is Cc1cc(CNC(=O)O)ccc1N=CN(C)C. The summed E-state index contributed by atoms with van der Waals surface area (Å²) in [5, 5.41) is 10.8. The molecule has 0 saturated carbocycles. The lowest BCUT2D eigenvalue weighted by Crippen LogP contribution is -2.19. The molecule has 0 aliphatic carbocycles. The number of hydrogen-bond acceptors (Lipinski definition) is 2. The molecule has 0 saturated heterocycles. The van der Waals surface area contributed by atoms with Crippen LogP contribution in [0.15, 0.2) is 23.2 Å². The van der Waals surface area contributed by atoms with Crippen molar-refractivity contribution in [1.82, 2.24) is 10.2 Å². The summed E-state index contributed by atoms with van der Waals surface area (Å²) in [6.45, 7) is 2.26. The van der Waals surface area contributed by atoms with E-state index in [0.29, 0.717) is 6.54 Å². The Morgan fingerprint density at radius 1 is 1.53 bits per heavy atom. The standard InChI is InChI=1S/C12H17N3O2/c1-9-6-10(7-13-12(16)17)4-5-11(9)14-8-15(2)3/h4-6,8,13H,7H2,1-3H3,(H,16,17). The first kappa shape index (κ1) is 13.0. The second kappa shape index (κ2) is 5.89. The number of nitrogens with one attached hydrogen (secondary N) is 1. The second-order valence-corrected chi connectivity index (χ2v) is 3.99. The first-order valence-corrected chi connectivity index (χ1v) is 5.26. The summed E-state index contributed by atoms with van der Waals surface area (Å²) in [5.41, 5.74) is 2.83. The van der Waals surface area contributed by atoms with Gasteiger partial charge in [0.1, 0.15) is 0 Å². The van der Waals surface area contributed by atoms with Gasteiger partial charge in [-0.1, -0.05) is 12.1 Å². The van der Waals surface area contributed by atoms with Crippen molar-refractivity contribution in [2.45, 2.75) is 13.5 Å². The molecule has 0 aromatic heterocycles. The van der Waals surface area contributed by atoms with E-state index in [1.165, 1.54) is 0 Å². The molecule has 0 unspecified atom stereocenters. The number of carboxylic acid groups (broad SMARTS) is 1. The summed E-state index contributed by atoms with van der Waals surface area (Å²) >= 11 is 0. The van der Waals surface area contributed by atoms with Gasteiger partial charge >= 0.3 is 6.09 Å². The summed E-state index contributed by atoms with van der Waals surface area (Å²) in [6, 6.07) is 5.68. The molecule has 0 heterocycles. The van der Waals surface area contributed by atoms with Crippen LogP contribution in [0.1, 0.15) is 11.1 Å². The molecule has 92 valence electrons. The quantitative estimate of drug-likeness (QED) is 0.619. The highest BCUT2D eigenvalue weighted by atomic mass is 16.4. The van der Waals surface area contributed by atoms with Gasteiger partial charge in [-0.15, -0.1) is 0 Å². The first-order chi connectivity index (χ1) is 7.99. The number of nitrogens with zero attached hydrogens (tertiary/aromatic N) is 2. The Morgan fingerprint density at radius 3 is 2.76 bits per heavy atom. The molecule has 1 amide bonds. The van der Waals surface area contributed by atoms with E-state index in [9.17, 15) is 4.79 Å². The molecule has 0 spiro atoms. The molecule has 0 aliphatic rings. The fourth-order valence-corrected chi connectivity index (χ4v) is 1.33. The van der Waals surface area contributed by atoms with Gasteiger partial charge in [-0.2, -0.15) is 0 Å². The summed E-state index contributed by atoms with van der Waals surface area (Å²) in [6.07, 6.45) is 0.717. The van der Waals surface area contributed by atoms with Crippen molar-refractivity contribution in [3.8, 4) is 0 Å². The summed E-state index contributed by atoms with van der Waals surface area (Å²) < 4.78 is 0. The van der Waals surface area contributed by atoms with Crippen molar-refractivity contribution in [2.75, 3.05) is 14.1 Å². The zero-order chi connectivity index (χ0) is 12.8. The highest BCUT2D eigenvalue weighted by Gasteiger charge is 2.00. The number of aliphatic imine (C=N–C) groups is 1. The van der Waals surface area contributed by atoms with Crippen LogP contribution in [0.2, 0.25) is 0 Å². The number of carbonyl (C=O) groups is 1. The monoisotopic (exact) mass is 235 g/mol. The van der Waals surface area contributed by atoms with Gasteiger partial charge in [-0.25, -0.2) is 9.79 Å². The highest BCUT2D eigenvalue weighted by molar-refractivity contribution is 5.65. The van der Waals surface area contributed by atoms with Gasteiger partial charge in [0.05, 0.1) is 12.0 Å². The van der Waals surface area contributed by atoms with Gasteiger partial charge in [-0.3, -0.25) is 0 Å². The number of benzene rings is 1. The van der Waals surface area contributed by atoms with Crippen molar-refractivity contribution >= 4 is 18.1 Å². The van der Waals surface area contributed by atoms with Crippen molar-refractivity contribution in [2.24, 2.45) is 4.99 Å². The van der Waals surface area contributed by atoms with E-state index in [-0.39, 0.29) is 0 Å². The van der Waals surface area contributed by atoms with E-state index in [0.717, 1.165) is 16.8 Å². The largest absolute Gasteiger partial charge is 0.465 e. The Balaban J connectivity index is 2.75. The Hall–Kier alpha value is -2.04. The lowest BCUT2D eigenvalue weighted by Gasteiger charge is -2.07. The van der Waals surface area contributed by atoms with Crippen molar-refractivity contribution in [3.63, 3.8) is 0 Å².